The van der Waals surface area contributed by atoms with Crippen molar-refractivity contribution in [2.75, 3.05) is 7.11 Å². The van der Waals surface area contributed by atoms with Crippen molar-refractivity contribution < 1.29 is 9.53 Å². The molecule has 2 aromatic rings. The summed E-state index contributed by atoms with van der Waals surface area (Å²) >= 11 is 7.06. The zero-order chi connectivity index (χ0) is 15.4. The first-order chi connectivity index (χ1) is 10.6. The lowest BCUT2D eigenvalue weighted by molar-refractivity contribution is 0.0593. The Hall–Kier alpha value is -1.14. The Morgan fingerprint density at radius 3 is 2.91 bits per heavy atom. The predicted molar refractivity (Wildman–Crippen MR) is 90.3 cm³/mol. The normalized spacial score (nSPS) is 21.4. The number of esters is 1. The molecule has 5 rings (SSSR count). The van der Waals surface area contributed by atoms with Gasteiger partial charge in [0.05, 0.1) is 12.8 Å². The number of aromatic nitrogens is 2. The molecule has 0 N–H and O–H groups in total. The van der Waals surface area contributed by atoms with E-state index >= 15 is 0 Å². The highest BCUT2D eigenvalue weighted by molar-refractivity contribution is 9.10. The lowest BCUT2D eigenvalue weighted by Gasteiger charge is -2.35. The summed E-state index contributed by atoms with van der Waals surface area (Å²) in [5.74, 6) is 1.11. The molecular formula is C16H14Br2N2O2. The average molecular weight is 426 g/mol. The highest BCUT2D eigenvalue weighted by atomic mass is 79.9. The summed E-state index contributed by atoms with van der Waals surface area (Å²) in [5, 5.41) is 0.592. The Morgan fingerprint density at radius 1 is 1.45 bits per heavy atom. The second-order valence-corrected chi connectivity index (χ2v) is 7.26. The Balaban J connectivity index is 2.01. The van der Waals surface area contributed by atoms with E-state index in [-0.39, 0.29) is 5.97 Å². The standard InChI is InChI=1S/C16H14Br2N2O2/c1-22-16(21)14-13(7-17)20-10-4-8(5-10)11-3-2-9(18)6-12(11)15(20)19-14/h2-3,6,8,10H,4-5,7H2,1H3. The van der Waals surface area contributed by atoms with Crippen LogP contribution in [0.4, 0.5) is 0 Å². The SMILES string of the molecule is COC(=O)c1nc2n(c1CBr)C1CC(C1)c1ccc(Br)cc1-2. The van der Waals surface area contributed by atoms with E-state index in [9.17, 15) is 4.79 Å². The smallest absolute Gasteiger partial charge is 0.358 e. The fourth-order valence-corrected chi connectivity index (χ4v) is 4.46. The van der Waals surface area contributed by atoms with Gasteiger partial charge in [-0.1, -0.05) is 37.9 Å². The van der Waals surface area contributed by atoms with Gasteiger partial charge in [0.15, 0.2) is 5.69 Å². The van der Waals surface area contributed by atoms with Crippen LogP contribution in [0.2, 0.25) is 0 Å². The maximum atomic E-state index is 12.1. The molecule has 0 amide bonds. The van der Waals surface area contributed by atoms with Crippen molar-refractivity contribution in [1.82, 2.24) is 9.55 Å². The molecule has 6 heteroatoms. The monoisotopic (exact) mass is 424 g/mol. The van der Waals surface area contributed by atoms with E-state index in [2.05, 4.69) is 59.6 Å². The van der Waals surface area contributed by atoms with Crippen molar-refractivity contribution in [3.8, 4) is 11.4 Å². The fourth-order valence-electron chi connectivity index (χ4n) is 3.57. The molecule has 114 valence electrons. The van der Waals surface area contributed by atoms with Crippen LogP contribution in [0.15, 0.2) is 22.7 Å². The number of carbonyl (C=O) groups is 1. The minimum absolute atomic E-state index is 0.373. The first kappa shape index (κ1) is 14.5. The molecule has 22 heavy (non-hydrogen) atoms. The molecule has 0 atom stereocenters. The number of carbonyl (C=O) groups excluding carboxylic acids is 1. The molecule has 2 bridgehead atoms. The van der Waals surface area contributed by atoms with Crippen molar-refractivity contribution in [3.05, 3.63) is 39.6 Å². The number of alkyl halides is 1. The third-order valence-corrected chi connectivity index (χ3v) is 5.71. The van der Waals surface area contributed by atoms with Gasteiger partial charge in [-0.15, -0.1) is 0 Å². The first-order valence-corrected chi connectivity index (χ1v) is 9.10. The van der Waals surface area contributed by atoms with Gasteiger partial charge in [0.2, 0.25) is 0 Å². The molecule has 3 aliphatic rings. The van der Waals surface area contributed by atoms with Gasteiger partial charge in [0, 0.05) is 21.4 Å². The van der Waals surface area contributed by atoms with Crippen LogP contribution >= 0.6 is 31.9 Å². The summed E-state index contributed by atoms with van der Waals surface area (Å²) in [5.41, 5.74) is 3.79. The average Bonchev–Trinajstić information content (AvgIpc) is 2.74. The van der Waals surface area contributed by atoms with E-state index in [1.165, 1.54) is 12.7 Å². The van der Waals surface area contributed by atoms with Crippen LogP contribution in [-0.4, -0.2) is 22.6 Å². The van der Waals surface area contributed by atoms with Crippen LogP contribution < -0.4 is 0 Å². The van der Waals surface area contributed by atoms with Crippen molar-refractivity contribution in [2.24, 2.45) is 0 Å². The van der Waals surface area contributed by atoms with E-state index < -0.39 is 0 Å². The number of halogens is 2. The van der Waals surface area contributed by atoms with Gasteiger partial charge in [0.1, 0.15) is 5.82 Å². The highest BCUT2D eigenvalue weighted by Crippen LogP contribution is 2.53. The Labute approximate surface area is 145 Å². The van der Waals surface area contributed by atoms with Gasteiger partial charge in [0.25, 0.3) is 0 Å². The molecular weight excluding hydrogens is 412 g/mol. The lowest BCUT2D eigenvalue weighted by atomic mass is 9.76. The summed E-state index contributed by atoms with van der Waals surface area (Å²) < 4.78 is 8.16. The largest absolute Gasteiger partial charge is 0.464 e. The minimum Gasteiger partial charge on any atom is -0.464 e. The molecule has 1 saturated carbocycles. The zero-order valence-electron chi connectivity index (χ0n) is 12.0. The zero-order valence-corrected chi connectivity index (χ0v) is 15.1. The van der Waals surface area contributed by atoms with E-state index in [4.69, 9.17) is 4.74 Å². The quantitative estimate of drug-likeness (QED) is 0.528. The van der Waals surface area contributed by atoms with Crippen molar-refractivity contribution in [2.45, 2.75) is 30.1 Å². The molecule has 0 unspecified atom stereocenters. The molecule has 0 radical (unpaired) electrons. The molecule has 1 aliphatic carbocycles. The van der Waals surface area contributed by atoms with E-state index in [1.54, 1.807) is 0 Å². The van der Waals surface area contributed by atoms with Crippen LogP contribution in [0.25, 0.3) is 11.4 Å². The van der Waals surface area contributed by atoms with Crippen LogP contribution in [0, 0.1) is 0 Å². The maximum Gasteiger partial charge on any atom is 0.358 e. The lowest BCUT2D eigenvalue weighted by Crippen LogP contribution is -2.24. The molecule has 0 spiro atoms. The highest BCUT2D eigenvalue weighted by Gasteiger charge is 2.41. The third kappa shape index (κ3) is 1.93. The number of nitrogens with zero attached hydrogens (tertiary/aromatic N) is 2. The predicted octanol–water partition coefficient (Wildman–Crippen LogP) is 4.43. The Bertz CT molecular complexity index is 779. The molecule has 1 aromatic carbocycles. The van der Waals surface area contributed by atoms with Crippen molar-refractivity contribution in [3.63, 3.8) is 0 Å². The number of hydrogen-bond donors (Lipinski definition) is 0. The Kier molecular flexibility index (Phi) is 3.42. The van der Waals surface area contributed by atoms with Crippen LogP contribution in [0.3, 0.4) is 0 Å². The van der Waals surface area contributed by atoms with Gasteiger partial charge >= 0.3 is 5.97 Å². The van der Waals surface area contributed by atoms with Gasteiger partial charge in [-0.25, -0.2) is 9.78 Å². The molecule has 1 aromatic heterocycles. The van der Waals surface area contributed by atoms with Crippen LogP contribution in [0.5, 0.6) is 0 Å². The van der Waals surface area contributed by atoms with Crippen LogP contribution in [-0.2, 0) is 10.1 Å². The molecule has 3 heterocycles. The summed E-state index contributed by atoms with van der Waals surface area (Å²) in [4.78, 5) is 16.7. The number of benzene rings is 1. The van der Waals surface area contributed by atoms with Crippen molar-refractivity contribution >= 4 is 37.8 Å². The van der Waals surface area contributed by atoms with Gasteiger partial charge in [-0.3, -0.25) is 0 Å². The molecule has 2 aliphatic heterocycles. The van der Waals surface area contributed by atoms with E-state index in [1.807, 2.05) is 0 Å². The van der Waals surface area contributed by atoms with Gasteiger partial charge in [-0.2, -0.15) is 0 Å². The summed E-state index contributed by atoms with van der Waals surface area (Å²) in [6.45, 7) is 0. The van der Waals surface area contributed by atoms with Crippen LogP contribution in [0.1, 0.15) is 46.5 Å². The second-order valence-electron chi connectivity index (χ2n) is 5.78. The number of hydrogen-bond acceptors (Lipinski definition) is 3. The van der Waals surface area contributed by atoms with Crippen molar-refractivity contribution in [1.29, 1.82) is 0 Å². The number of imidazole rings is 1. The second kappa shape index (κ2) is 5.20. The molecule has 4 nitrogen and oxygen atoms in total. The topological polar surface area (TPSA) is 44.1 Å². The first-order valence-electron chi connectivity index (χ1n) is 7.19. The summed E-state index contributed by atoms with van der Waals surface area (Å²) in [6, 6.07) is 6.78. The van der Waals surface area contributed by atoms with E-state index in [0.29, 0.717) is 23.0 Å². The van der Waals surface area contributed by atoms with Gasteiger partial charge in [-0.05, 0) is 36.5 Å². The summed E-state index contributed by atoms with van der Waals surface area (Å²) in [7, 11) is 1.40. The van der Waals surface area contributed by atoms with Gasteiger partial charge < -0.3 is 9.30 Å². The minimum atomic E-state index is -0.373. The number of methoxy groups -OCH3 is 1. The fraction of sp³-hybridized carbons (Fsp3) is 0.375. The molecule has 1 fully saturated rings. The summed E-state index contributed by atoms with van der Waals surface area (Å²) in [6.07, 6.45) is 2.22. The molecule has 0 saturated heterocycles. The maximum absolute atomic E-state index is 12.1. The number of rotatable bonds is 2. The number of ether oxygens (including phenoxy) is 1. The Morgan fingerprint density at radius 2 is 2.23 bits per heavy atom. The van der Waals surface area contributed by atoms with E-state index in [0.717, 1.165) is 34.4 Å². The third-order valence-electron chi connectivity index (χ3n) is 4.69.